The summed E-state index contributed by atoms with van der Waals surface area (Å²) in [6, 6.07) is 6.11. The second kappa shape index (κ2) is 5.82. The van der Waals surface area contributed by atoms with Gasteiger partial charge in [-0.05, 0) is 61.9 Å². The first kappa shape index (κ1) is 14.0. The maximum Gasteiger partial charge on any atom is 0.163 e. The fraction of sp³-hybridized carbons (Fsp3) is 0.412. The molecule has 0 saturated carbocycles. The first-order valence-corrected chi connectivity index (χ1v) is 7.41. The van der Waals surface area contributed by atoms with Crippen LogP contribution in [0.4, 0.5) is 0 Å². The molecule has 1 heterocycles. The molecule has 0 amide bonds. The van der Waals surface area contributed by atoms with Gasteiger partial charge in [0.25, 0.3) is 0 Å². The monoisotopic (exact) mass is 283 g/mol. The molecular formula is C17H21N3O. The van der Waals surface area contributed by atoms with E-state index in [2.05, 4.69) is 11.1 Å². The normalized spacial score (nSPS) is 17.4. The van der Waals surface area contributed by atoms with Crippen LogP contribution in [0, 0.1) is 12.8 Å². The molecule has 1 aliphatic rings. The minimum atomic E-state index is 0.570. The van der Waals surface area contributed by atoms with Gasteiger partial charge in [-0.3, -0.25) is 0 Å². The zero-order valence-corrected chi connectivity index (χ0v) is 12.6. The molecule has 4 nitrogen and oxygen atoms in total. The van der Waals surface area contributed by atoms with Gasteiger partial charge in [-0.1, -0.05) is 6.07 Å². The molecule has 0 spiro atoms. The van der Waals surface area contributed by atoms with Gasteiger partial charge in [0.05, 0.1) is 12.7 Å². The van der Waals surface area contributed by atoms with E-state index in [1.807, 2.05) is 25.3 Å². The van der Waals surface area contributed by atoms with Gasteiger partial charge in [-0.15, -0.1) is 0 Å². The van der Waals surface area contributed by atoms with Gasteiger partial charge >= 0.3 is 0 Å². The van der Waals surface area contributed by atoms with E-state index < -0.39 is 0 Å². The molecule has 1 aliphatic carbocycles. The van der Waals surface area contributed by atoms with Gasteiger partial charge < -0.3 is 10.5 Å². The summed E-state index contributed by atoms with van der Waals surface area (Å²) in [6.45, 7) is 2.79. The number of hydrogen-bond donors (Lipinski definition) is 1. The highest BCUT2D eigenvalue weighted by Crippen LogP contribution is 2.30. The summed E-state index contributed by atoms with van der Waals surface area (Å²) in [7, 11) is 1.68. The second-order valence-corrected chi connectivity index (χ2v) is 5.71. The smallest absolute Gasteiger partial charge is 0.163 e. The van der Waals surface area contributed by atoms with Crippen molar-refractivity contribution >= 4 is 0 Å². The molecule has 0 aliphatic heterocycles. The van der Waals surface area contributed by atoms with Crippen LogP contribution in [0.5, 0.6) is 5.75 Å². The topological polar surface area (TPSA) is 61.0 Å². The zero-order valence-electron chi connectivity index (χ0n) is 12.6. The zero-order chi connectivity index (χ0) is 14.8. The summed E-state index contributed by atoms with van der Waals surface area (Å²) in [5.74, 6) is 2.14. The van der Waals surface area contributed by atoms with Crippen molar-refractivity contribution in [2.45, 2.75) is 26.2 Å². The molecule has 2 aromatic rings. The average molecular weight is 283 g/mol. The number of methoxy groups -OCH3 is 1. The summed E-state index contributed by atoms with van der Waals surface area (Å²) in [4.78, 5) is 9.30. The van der Waals surface area contributed by atoms with Crippen molar-refractivity contribution < 1.29 is 4.74 Å². The van der Waals surface area contributed by atoms with Crippen LogP contribution in [0.25, 0.3) is 11.4 Å². The Kier molecular flexibility index (Phi) is 3.88. The number of aryl methyl sites for hydroxylation is 2. The summed E-state index contributed by atoms with van der Waals surface area (Å²) in [6.07, 6.45) is 5.06. The Morgan fingerprint density at radius 1 is 1.38 bits per heavy atom. The lowest BCUT2D eigenvalue weighted by Gasteiger charge is -2.22. The third-order valence-electron chi connectivity index (χ3n) is 4.18. The van der Waals surface area contributed by atoms with Crippen LogP contribution in [0.1, 0.15) is 23.2 Å². The molecule has 1 aromatic heterocycles. The molecule has 21 heavy (non-hydrogen) atoms. The van der Waals surface area contributed by atoms with E-state index in [0.717, 1.165) is 48.6 Å². The van der Waals surface area contributed by atoms with Crippen LogP contribution in [-0.4, -0.2) is 23.6 Å². The Balaban J connectivity index is 1.98. The van der Waals surface area contributed by atoms with Crippen molar-refractivity contribution in [3.05, 3.63) is 41.2 Å². The number of nitrogens with zero attached hydrogens (tertiary/aromatic N) is 2. The van der Waals surface area contributed by atoms with Crippen molar-refractivity contribution in [3.8, 4) is 17.1 Å². The number of ether oxygens (including phenoxy) is 1. The highest BCUT2D eigenvalue weighted by Gasteiger charge is 2.20. The van der Waals surface area contributed by atoms with Crippen LogP contribution in [0.2, 0.25) is 0 Å². The average Bonchev–Trinajstić information content (AvgIpc) is 2.53. The van der Waals surface area contributed by atoms with E-state index in [1.54, 1.807) is 7.11 Å². The highest BCUT2D eigenvalue weighted by molar-refractivity contribution is 5.65. The number of hydrogen-bond acceptors (Lipinski definition) is 4. The minimum Gasteiger partial charge on any atom is -0.496 e. The van der Waals surface area contributed by atoms with E-state index in [1.165, 1.54) is 11.1 Å². The predicted molar refractivity (Wildman–Crippen MR) is 83.3 cm³/mol. The van der Waals surface area contributed by atoms with Gasteiger partial charge in [-0.25, -0.2) is 9.97 Å². The van der Waals surface area contributed by atoms with Gasteiger partial charge in [0.1, 0.15) is 5.75 Å². The summed E-state index contributed by atoms with van der Waals surface area (Å²) < 4.78 is 5.46. The molecule has 0 fully saturated rings. The quantitative estimate of drug-likeness (QED) is 0.940. The molecular weight excluding hydrogens is 262 g/mol. The number of rotatable bonds is 3. The summed E-state index contributed by atoms with van der Waals surface area (Å²) in [5.41, 5.74) is 10.3. The number of nitrogens with two attached hydrogens (primary N) is 1. The molecule has 3 rings (SSSR count). The minimum absolute atomic E-state index is 0.570. The third-order valence-corrected chi connectivity index (χ3v) is 4.18. The molecule has 2 N–H and O–H groups in total. The highest BCUT2D eigenvalue weighted by atomic mass is 16.5. The van der Waals surface area contributed by atoms with Crippen LogP contribution >= 0.6 is 0 Å². The van der Waals surface area contributed by atoms with Crippen LogP contribution in [0.3, 0.4) is 0 Å². The Bertz CT molecular complexity index is 654. The Morgan fingerprint density at radius 3 is 3.00 bits per heavy atom. The van der Waals surface area contributed by atoms with E-state index in [0.29, 0.717) is 5.92 Å². The lowest BCUT2D eigenvalue weighted by molar-refractivity contribution is 0.415. The fourth-order valence-corrected chi connectivity index (χ4v) is 2.90. The molecule has 4 heteroatoms. The summed E-state index contributed by atoms with van der Waals surface area (Å²) in [5, 5.41) is 0. The maximum atomic E-state index is 5.78. The molecule has 1 atom stereocenters. The Labute approximate surface area is 125 Å². The largest absolute Gasteiger partial charge is 0.496 e. The molecule has 0 saturated heterocycles. The number of fused-ring (bicyclic) bond motifs is 1. The molecule has 1 aromatic carbocycles. The van der Waals surface area contributed by atoms with E-state index >= 15 is 0 Å². The second-order valence-electron chi connectivity index (χ2n) is 5.71. The SMILES string of the molecule is COc1cc(C)ccc1-c1ncc2c(n1)CCC(CN)C2. The van der Waals surface area contributed by atoms with Crippen molar-refractivity contribution in [2.24, 2.45) is 11.7 Å². The van der Waals surface area contributed by atoms with Gasteiger partial charge in [0.2, 0.25) is 0 Å². The maximum absolute atomic E-state index is 5.78. The first-order valence-electron chi connectivity index (χ1n) is 7.41. The third kappa shape index (κ3) is 2.76. The molecule has 0 radical (unpaired) electrons. The van der Waals surface area contributed by atoms with Gasteiger partial charge in [0, 0.05) is 11.9 Å². The van der Waals surface area contributed by atoms with E-state index in [9.17, 15) is 0 Å². The number of aromatic nitrogens is 2. The first-order chi connectivity index (χ1) is 10.2. The van der Waals surface area contributed by atoms with Crippen LogP contribution in [0.15, 0.2) is 24.4 Å². The molecule has 110 valence electrons. The van der Waals surface area contributed by atoms with Gasteiger partial charge in [0.15, 0.2) is 5.82 Å². The van der Waals surface area contributed by atoms with Crippen LogP contribution in [-0.2, 0) is 12.8 Å². The lowest BCUT2D eigenvalue weighted by atomic mass is 9.87. The Hall–Kier alpha value is -1.94. The van der Waals surface area contributed by atoms with Crippen LogP contribution < -0.4 is 10.5 Å². The van der Waals surface area contributed by atoms with E-state index in [-0.39, 0.29) is 0 Å². The molecule has 0 bridgehead atoms. The fourth-order valence-electron chi connectivity index (χ4n) is 2.90. The standard InChI is InChI=1S/C17H21N3O/c1-11-3-5-14(16(7-11)21-2)17-19-10-13-8-12(9-18)4-6-15(13)20-17/h3,5,7,10,12H,4,6,8-9,18H2,1-2H3. The van der Waals surface area contributed by atoms with Crippen molar-refractivity contribution in [3.63, 3.8) is 0 Å². The molecule has 1 unspecified atom stereocenters. The van der Waals surface area contributed by atoms with Gasteiger partial charge in [-0.2, -0.15) is 0 Å². The van der Waals surface area contributed by atoms with E-state index in [4.69, 9.17) is 15.5 Å². The predicted octanol–water partition coefficient (Wildman–Crippen LogP) is 2.52. The van der Waals surface area contributed by atoms with Crippen molar-refractivity contribution in [1.82, 2.24) is 9.97 Å². The Morgan fingerprint density at radius 2 is 2.24 bits per heavy atom. The van der Waals surface area contributed by atoms with Crippen molar-refractivity contribution in [2.75, 3.05) is 13.7 Å². The number of benzene rings is 1. The summed E-state index contributed by atoms with van der Waals surface area (Å²) >= 11 is 0. The lowest BCUT2D eigenvalue weighted by Crippen LogP contribution is -2.23. The van der Waals surface area contributed by atoms with Crippen molar-refractivity contribution in [1.29, 1.82) is 0 Å².